The van der Waals surface area contributed by atoms with Crippen LogP contribution in [-0.4, -0.2) is 23.3 Å². The van der Waals surface area contributed by atoms with Gasteiger partial charge in [-0.3, -0.25) is 4.79 Å². The van der Waals surface area contributed by atoms with Gasteiger partial charge in [0.05, 0.1) is 23.6 Å². The van der Waals surface area contributed by atoms with Crippen molar-refractivity contribution in [2.45, 2.75) is 25.3 Å². The van der Waals surface area contributed by atoms with Gasteiger partial charge in [-0.05, 0) is 60.9 Å². The maximum atomic E-state index is 12.8. The first kappa shape index (κ1) is 25.0. The highest BCUT2D eigenvalue weighted by Gasteiger charge is 2.17. The third-order valence-electron chi connectivity index (χ3n) is 5.66. The van der Waals surface area contributed by atoms with E-state index < -0.39 is 0 Å². The number of anilines is 1. The molecule has 4 aromatic rings. The number of nitrogens with one attached hydrogen (secondary N) is 1. The standard InChI is InChI=1S/C30H27N3O2S/c1-3-21-10-8-9-13-27(21)32-29(34)20-36-30-26(19-31)25(22-11-6-5-7-12-22)18-28(33-30)23-14-16-24(17-15-23)35-4-2/h5-18H,3-4,20H2,1-2H3,(H,32,34). The molecule has 0 fully saturated rings. The van der Waals surface area contributed by atoms with Crippen molar-refractivity contribution < 1.29 is 9.53 Å². The number of aryl methyl sites for hydroxylation is 1. The number of benzene rings is 3. The van der Waals surface area contributed by atoms with Gasteiger partial charge in [0.1, 0.15) is 16.8 Å². The van der Waals surface area contributed by atoms with E-state index in [1.165, 1.54) is 11.8 Å². The summed E-state index contributed by atoms with van der Waals surface area (Å²) in [6, 6.07) is 29.5. The van der Waals surface area contributed by atoms with Gasteiger partial charge in [0.25, 0.3) is 0 Å². The van der Waals surface area contributed by atoms with Crippen LogP contribution < -0.4 is 10.1 Å². The lowest BCUT2D eigenvalue weighted by atomic mass is 9.99. The number of carbonyl (C=O) groups excluding carboxylic acids is 1. The van der Waals surface area contributed by atoms with Crippen molar-refractivity contribution in [2.75, 3.05) is 17.7 Å². The fourth-order valence-corrected chi connectivity index (χ4v) is 4.69. The second-order valence-corrected chi connectivity index (χ2v) is 8.98. The van der Waals surface area contributed by atoms with Gasteiger partial charge >= 0.3 is 0 Å². The molecule has 180 valence electrons. The number of aromatic nitrogens is 1. The third-order valence-corrected chi connectivity index (χ3v) is 6.63. The molecule has 0 radical (unpaired) electrons. The normalized spacial score (nSPS) is 10.5. The molecule has 4 rings (SSSR count). The smallest absolute Gasteiger partial charge is 0.234 e. The zero-order chi connectivity index (χ0) is 25.3. The number of ether oxygens (including phenoxy) is 1. The summed E-state index contributed by atoms with van der Waals surface area (Å²) in [7, 11) is 0. The second-order valence-electron chi connectivity index (χ2n) is 8.02. The van der Waals surface area contributed by atoms with E-state index in [4.69, 9.17) is 9.72 Å². The van der Waals surface area contributed by atoms with Crippen LogP contribution in [0.4, 0.5) is 5.69 Å². The van der Waals surface area contributed by atoms with Crippen LogP contribution in [0, 0.1) is 11.3 Å². The Bertz CT molecular complexity index is 1380. The minimum absolute atomic E-state index is 0.140. The number of nitrogens with zero attached hydrogens (tertiary/aromatic N) is 2. The van der Waals surface area contributed by atoms with Gasteiger partial charge in [0.2, 0.25) is 5.91 Å². The predicted molar refractivity (Wildman–Crippen MR) is 146 cm³/mol. The Balaban J connectivity index is 1.67. The number of thioether (sulfide) groups is 1. The largest absolute Gasteiger partial charge is 0.494 e. The summed E-state index contributed by atoms with van der Waals surface area (Å²) in [6.07, 6.45) is 0.828. The summed E-state index contributed by atoms with van der Waals surface area (Å²) in [5, 5.41) is 13.6. The molecule has 0 aliphatic heterocycles. The molecule has 0 bridgehead atoms. The van der Waals surface area contributed by atoms with Gasteiger partial charge in [0, 0.05) is 16.8 Å². The number of nitriles is 1. The zero-order valence-corrected chi connectivity index (χ0v) is 21.1. The van der Waals surface area contributed by atoms with Gasteiger partial charge in [0.15, 0.2) is 0 Å². The van der Waals surface area contributed by atoms with Gasteiger partial charge in [-0.25, -0.2) is 4.98 Å². The van der Waals surface area contributed by atoms with E-state index in [9.17, 15) is 10.1 Å². The van der Waals surface area contributed by atoms with Crippen LogP contribution in [0.3, 0.4) is 0 Å². The molecule has 0 saturated heterocycles. The molecule has 3 aromatic carbocycles. The molecular weight excluding hydrogens is 466 g/mol. The fourth-order valence-electron chi connectivity index (χ4n) is 3.89. The fraction of sp³-hybridized carbons (Fsp3) is 0.167. The van der Waals surface area contributed by atoms with Gasteiger partial charge in [-0.2, -0.15) is 5.26 Å². The molecule has 1 amide bonds. The summed E-state index contributed by atoms with van der Waals surface area (Å²) in [5.74, 6) is 0.789. The highest BCUT2D eigenvalue weighted by Crippen LogP contribution is 2.34. The molecular formula is C30H27N3O2S. The lowest BCUT2D eigenvalue weighted by Crippen LogP contribution is -2.15. The summed E-state index contributed by atoms with van der Waals surface area (Å²) in [5.41, 5.74) is 5.70. The van der Waals surface area contributed by atoms with E-state index in [-0.39, 0.29) is 11.7 Å². The highest BCUT2D eigenvalue weighted by atomic mass is 32.2. The summed E-state index contributed by atoms with van der Waals surface area (Å²) >= 11 is 1.27. The predicted octanol–water partition coefficient (Wildman–Crippen LogP) is 6.98. The van der Waals surface area contributed by atoms with Crippen LogP contribution in [0.2, 0.25) is 0 Å². The molecule has 0 spiro atoms. The molecule has 1 heterocycles. The van der Waals surface area contributed by atoms with Crippen molar-refractivity contribution in [1.29, 1.82) is 5.26 Å². The van der Waals surface area contributed by atoms with Crippen molar-refractivity contribution in [2.24, 2.45) is 0 Å². The molecule has 0 aliphatic carbocycles. The minimum Gasteiger partial charge on any atom is -0.494 e. The second kappa shape index (κ2) is 12.1. The molecule has 6 heteroatoms. The number of pyridine rings is 1. The average molecular weight is 494 g/mol. The van der Waals surface area contributed by atoms with E-state index in [1.807, 2.05) is 91.9 Å². The average Bonchev–Trinajstić information content (AvgIpc) is 2.92. The van der Waals surface area contributed by atoms with E-state index in [0.717, 1.165) is 45.8 Å². The molecule has 1 aromatic heterocycles. The molecule has 0 unspecified atom stereocenters. The first-order chi connectivity index (χ1) is 17.6. The number of rotatable bonds is 9. The maximum absolute atomic E-state index is 12.8. The zero-order valence-electron chi connectivity index (χ0n) is 20.3. The van der Waals surface area contributed by atoms with Crippen LogP contribution in [0.25, 0.3) is 22.4 Å². The Morgan fingerprint density at radius 2 is 1.69 bits per heavy atom. The lowest BCUT2D eigenvalue weighted by Gasteiger charge is -2.13. The van der Waals surface area contributed by atoms with Gasteiger partial charge in [-0.15, -0.1) is 0 Å². The van der Waals surface area contributed by atoms with Gasteiger partial charge < -0.3 is 10.1 Å². The number of amides is 1. The topological polar surface area (TPSA) is 75.0 Å². The molecule has 36 heavy (non-hydrogen) atoms. The van der Waals surface area contributed by atoms with Crippen LogP contribution in [0.15, 0.2) is 90.0 Å². The number of hydrogen-bond acceptors (Lipinski definition) is 5. The van der Waals surface area contributed by atoms with E-state index in [0.29, 0.717) is 17.2 Å². The first-order valence-corrected chi connectivity index (χ1v) is 12.9. The Morgan fingerprint density at radius 1 is 0.972 bits per heavy atom. The van der Waals surface area contributed by atoms with Crippen LogP contribution in [0.5, 0.6) is 5.75 Å². The van der Waals surface area contributed by atoms with Crippen LogP contribution >= 0.6 is 11.8 Å². The number of para-hydroxylation sites is 1. The SMILES string of the molecule is CCOc1ccc(-c2cc(-c3ccccc3)c(C#N)c(SCC(=O)Nc3ccccc3CC)n2)cc1. The Kier molecular flexibility index (Phi) is 8.38. The molecule has 0 atom stereocenters. The van der Waals surface area contributed by atoms with E-state index >= 15 is 0 Å². The Labute approximate surface area is 216 Å². The number of hydrogen-bond donors (Lipinski definition) is 1. The highest BCUT2D eigenvalue weighted by molar-refractivity contribution is 8.00. The monoisotopic (exact) mass is 493 g/mol. The quantitative estimate of drug-likeness (QED) is 0.255. The molecule has 5 nitrogen and oxygen atoms in total. The third kappa shape index (κ3) is 5.94. The van der Waals surface area contributed by atoms with Crippen LogP contribution in [-0.2, 0) is 11.2 Å². The van der Waals surface area contributed by atoms with Crippen molar-refractivity contribution in [3.63, 3.8) is 0 Å². The number of carbonyl (C=O) groups is 1. The Hall–Kier alpha value is -4.08. The summed E-state index contributed by atoms with van der Waals surface area (Å²) < 4.78 is 5.57. The summed E-state index contributed by atoms with van der Waals surface area (Å²) in [6.45, 7) is 4.60. The molecule has 0 aliphatic rings. The first-order valence-electron chi connectivity index (χ1n) is 11.9. The van der Waals surface area contributed by atoms with Gasteiger partial charge in [-0.1, -0.05) is 67.2 Å². The minimum atomic E-state index is -0.140. The molecule has 1 N–H and O–H groups in total. The van der Waals surface area contributed by atoms with Crippen LogP contribution in [0.1, 0.15) is 25.0 Å². The van der Waals surface area contributed by atoms with E-state index in [2.05, 4.69) is 18.3 Å². The summed E-state index contributed by atoms with van der Waals surface area (Å²) in [4.78, 5) is 17.6. The maximum Gasteiger partial charge on any atom is 0.234 e. The van der Waals surface area contributed by atoms with Crippen molar-refractivity contribution in [3.05, 3.63) is 96.1 Å². The van der Waals surface area contributed by atoms with Crippen molar-refractivity contribution >= 4 is 23.4 Å². The molecule has 0 saturated carbocycles. The lowest BCUT2D eigenvalue weighted by molar-refractivity contribution is -0.113. The van der Waals surface area contributed by atoms with Crippen molar-refractivity contribution in [1.82, 2.24) is 4.98 Å². The van der Waals surface area contributed by atoms with Crippen molar-refractivity contribution in [3.8, 4) is 34.2 Å². The van der Waals surface area contributed by atoms with E-state index in [1.54, 1.807) is 0 Å². The Morgan fingerprint density at radius 3 is 2.39 bits per heavy atom.